The highest BCUT2D eigenvalue weighted by Gasteiger charge is 2.03. The molecular formula is C15H21ClIN5O. The smallest absolute Gasteiger partial charge is 0.223 e. The Labute approximate surface area is 158 Å². The number of guanidine groups is 1. The van der Waals surface area contributed by atoms with E-state index in [1.165, 1.54) is 5.56 Å². The van der Waals surface area contributed by atoms with E-state index in [1.54, 1.807) is 6.92 Å². The monoisotopic (exact) mass is 449 g/mol. The molecule has 0 aliphatic heterocycles. The van der Waals surface area contributed by atoms with Gasteiger partial charge in [-0.2, -0.15) is 4.98 Å². The van der Waals surface area contributed by atoms with Crippen LogP contribution in [0.5, 0.6) is 0 Å². The number of hydrogen-bond acceptors (Lipinski definition) is 4. The van der Waals surface area contributed by atoms with Crippen LogP contribution in [0.3, 0.4) is 0 Å². The van der Waals surface area contributed by atoms with Gasteiger partial charge < -0.3 is 15.2 Å². The molecular weight excluding hydrogens is 429 g/mol. The summed E-state index contributed by atoms with van der Waals surface area (Å²) in [6, 6.07) is 7.85. The second-order valence-electron chi connectivity index (χ2n) is 4.73. The number of benzene rings is 1. The van der Waals surface area contributed by atoms with Crippen molar-refractivity contribution in [2.45, 2.75) is 26.8 Å². The maximum atomic E-state index is 5.98. The molecule has 0 unspecified atom stereocenters. The third-order valence-corrected chi connectivity index (χ3v) is 3.12. The molecule has 0 aliphatic rings. The summed E-state index contributed by atoms with van der Waals surface area (Å²) >= 11 is 5.98. The van der Waals surface area contributed by atoms with Gasteiger partial charge in [-0.1, -0.05) is 28.9 Å². The molecule has 23 heavy (non-hydrogen) atoms. The van der Waals surface area contributed by atoms with Crippen molar-refractivity contribution >= 4 is 41.5 Å². The lowest BCUT2D eigenvalue weighted by atomic mass is 10.1. The maximum Gasteiger partial charge on any atom is 0.223 e. The fraction of sp³-hybridized carbons (Fsp3) is 0.400. The Balaban J connectivity index is 0.00000264. The first-order chi connectivity index (χ1) is 10.7. The Morgan fingerprint density at radius 2 is 2.17 bits per heavy atom. The van der Waals surface area contributed by atoms with Gasteiger partial charge in [-0.25, -0.2) is 4.99 Å². The van der Waals surface area contributed by atoms with Gasteiger partial charge in [0, 0.05) is 25.0 Å². The largest absolute Gasteiger partial charge is 0.357 e. The lowest BCUT2D eigenvalue weighted by Gasteiger charge is -2.10. The summed E-state index contributed by atoms with van der Waals surface area (Å²) < 4.78 is 4.92. The highest BCUT2D eigenvalue weighted by molar-refractivity contribution is 14.0. The molecule has 0 bridgehead atoms. The normalized spacial score (nSPS) is 11.0. The van der Waals surface area contributed by atoms with Crippen LogP contribution in [-0.4, -0.2) is 29.2 Å². The molecule has 0 radical (unpaired) electrons. The molecule has 6 nitrogen and oxygen atoms in total. The van der Waals surface area contributed by atoms with Gasteiger partial charge in [-0.3, -0.25) is 0 Å². The average Bonchev–Trinajstić information content (AvgIpc) is 2.90. The molecule has 2 rings (SSSR count). The quantitative estimate of drug-likeness (QED) is 0.403. The summed E-state index contributed by atoms with van der Waals surface area (Å²) in [5.41, 5.74) is 1.18. The number of rotatable bonds is 6. The van der Waals surface area contributed by atoms with Crippen molar-refractivity contribution in [2.24, 2.45) is 4.99 Å². The van der Waals surface area contributed by atoms with E-state index >= 15 is 0 Å². The summed E-state index contributed by atoms with van der Waals surface area (Å²) in [4.78, 5) is 8.55. The molecule has 1 heterocycles. The summed E-state index contributed by atoms with van der Waals surface area (Å²) in [6.07, 6.45) is 0.867. The van der Waals surface area contributed by atoms with E-state index in [9.17, 15) is 0 Å². The molecule has 8 heteroatoms. The Morgan fingerprint density at radius 3 is 2.83 bits per heavy atom. The summed E-state index contributed by atoms with van der Waals surface area (Å²) in [7, 11) is 0. The highest BCUT2D eigenvalue weighted by Crippen LogP contribution is 2.10. The number of halogens is 2. The molecule has 126 valence electrons. The number of aryl methyl sites for hydroxylation is 1. The second-order valence-corrected chi connectivity index (χ2v) is 5.17. The van der Waals surface area contributed by atoms with Gasteiger partial charge in [0.25, 0.3) is 0 Å². The van der Waals surface area contributed by atoms with E-state index in [1.807, 2.05) is 25.1 Å². The third kappa shape index (κ3) is 7.17. The summed E-state index contributed by atoms with van der Waals surface area (Å²) in [6.45, 7) is 5.71. The lowest BCUT2D eigenvalue weighted by molar-refractivity contribution is 0.387. The van der Waals surface area contributed by atoms with Crippen LogP contribution in [0.1, 0.15) is 24.2 Å². The first kappa shape index (κ1) is 19.7. The molecule has 2 aromatic rings. The van der Waals surface area contributed by atoms with Crippen LogP contribution in [-0.2, 0) is 13.0 Å². The number of aliphatic imine (C=N–C) groups is 1. The average molecular weight is 450 g/mol. The van der Waals surface area contributed by atoms with Crippen molar-refractivity contribution < 1.29 is 4.52 Å². The Kier molecular flexibility index (Phi) is 8.93. The SMILES string of the molecule is CCNC(=NCc1noc(C)n1)NCCc1cccc(Cl)c1.I. The number of hydrogen-bond donors (Lipinski definition) is 2. The molecule has 0 saturated heterocycles. The van der Waals surface area contributed by atoms with Gasteiger partial charge in [0.15, 0.2) is 11.8 Å². The summed E-state index contributed by atoms with van der Waals surface area (Å²) in [5.74, 6) is 1.85. The van der Waals surface area contributed by atoms with E-state index in [4.69, 9.17) is 16.1 Å². The minimum Gasteiger partial charge on any atom is -0.357 e. The van der Waals surface area contributed by atoms with Crippen LogP contribution in [0.25, 0.3) is 0 Å². The van der Waals surface area contributed by atoms with Gasteiger partial charge in [-0.05, 0) is 31.0 Å². The van der Waals surface area contributed by atoms with E-state index in [2.05, 4.69) is 31.8 Å². The first-order valence-electron chi connectivity index (χ1n) is 7.23. The van der Waals surface area contributed by atoms with Crippen molar-refractivity contribution in [2.75, 3.05) is 13.1 Å². The molecule has 2 N–H and O–H groups in total. The van der Waals surface area contributed by atoms with E-state index in [0.717, 1.165) is 30.5 Å². The maximum absolute atomic E-state index is 5.98. The van der Waals surface area contributed by atoms with Crippen LogP contribution in [0.4, 0.5) is 0 Å². The molecule has 1 aromatic carbocycles. The minimum absolute atomic E-state index is 0. The molecule has 0 aliphatic carbocycles. The van der Waals surface area contributed by atoms with Crippen LogP contribution in [0.2, 0.25) is 5.02 Å². The Bertz CT molecular complexity index is 632. The highest BCUT2D eigenvalue weighted by atomic mass is 127. The molecule has 0 saturated carbocycles. The predicted molar refractivity (Wildman–Crippen MR) is 102 cm³/mol. The fourth-order valence-corrected chi connectivity index (χ4v) is 2.13. The number of aromatic nitrogens is 2. The minimum atomic E-state index is 0. The predicted octanol–water partition coefficient (Wildman–Crippen LogP) is 2.95. The standard InChI is InChI=1S/C15H20ClN5O.HI/c1-3-17-15(19-10-14-20-11(2)22-21-14)18-8-7-12-5-4-6-13(16)9-12;/h4-6,9H,3,7-8,10H2,1-2H3,(H2,17,18,19);1H. The van der Waals surface area contributed by atoms with Crippen molar-refractivity contribution in [1.29, 1.82) is 0 Å². The molecule has 0 amide bonds. The Morgan fingerprint density at radius 1 is 1.35 bits per heavy atom. The van der Waals surface area contributed by atoms with Crippen molar-refractivity contribution in [1.82, 2.24) is 20.8 Å². The molecule has 0 spiro atoms. The van der Waals surface area contributed by atoms with Gasteiger partial charge in [0.1, 0.15) is 6.54 Å². The third-order valence-electron chi connectivity index (χ3n) is 2.89. The fourth-order valence-electron chi connectivity index (χ4n) is 1.91. The topological polar surface area (TPSA) is 75.3 Å². The van der Waals surface area contributed by atoms with Gasteiger partial charge in [0.2, 0.25) is 5.89 Å². The zero-order chi connectivity index (χ0) is 15.8. The Hall–Kier alpha value is -1.35. The second kappa shape index (κ2) is 10.4. The van der Waals surface area contributed by atoms with E-state index < -0.39 is 0 Å². The van der Waals surface area contributed by atoms with Crippen LogP contribution in [0.15, 0.2) is 33.8 Å². The van der Waals surface area contributed by atoms with Crippen LogP contribution < -0.4 is 10.6 Å². The van der Waals surface area contributed by atoms with Crippen molar-refractivity contribution in [3.8, 4) is 0 Å². The zero-order valence-electron chi connectivity index (χ0n) is 13.2. The zero-order valence-corrected chi connectivity index (χ0v) is 16.3. The van der Waals surface area contributed by atoms with Gasteiger partial charge in [0.05, 0.1) is 0 Å². The molecule has 0 fully saturated rings. The number of nitrogens with one attached hydrogen (secondary N) is 2. The first-order valence-corrected chi connectivity index (χ1v) is 7.61. The molecule has 0 atom stereocenters. The summed E-state index contributed by atoms with van der Waals surface area (Å²) in [5, 5.41) is 11.0. The van der Waals surface area contributed by atoms with Crippen LogP contribution >= 0.6 is 35.6 Å². The molecule has 1 aromatic heterocycles. The van der Waals surface area contributed by atoms with Crippen LogP contribution in [0, 0.1) is 6.92 Å². The van der Waals surface area contributed by atoms with E-state index in [0.29, 0.717) is 18.3 Å². The van der Waals surface area contributed by atoms with Crippen molar-refractivity contribution in [3.63, 3.8) is 0 Å². The van der Waals surface area contributed by atoms with E-state index in [-0.39, 0.29) is 24.0 Å². The lowest BCUT2D eigenvalue weighted by Crippen LogP contribution is -2.38. The van der Waals surface area contributed by atoms with Gasteiger partial charge in [-0.15, -0.1) is 24.0 Å². The van der Waals surface area contributed by atoms with Gasteiger partial charge >= 0.3 is 0 Å². The van der Waals surface area contributed by atoms with Crippen molar-refractivity contribution in [3.05, 3.63) is 46.6 Å². The number of nitrogens with zero attached hydrogens (tertiary/aromatic N) is 3.